The Hall–Kier alpha value is 0.660. The molecular weight excluding hydrogens is 655 g/mol. The number of thioether (sulfide) groups is 2. The zero-order valence-electron chi connectivity index (χ0n) is 33.0. The highest BCUT2D eigenvalue weighted by atomic mass is 32.2. The van der Waals surface area contributed by atoms with Crippen LogP contribution in [0.25, 0.3) is 0 Å². The van der Waals surface area contributed by atoms with E-state index in [1.54, 1.807) is 154 Å². The smallest absolute Gasteiger partial charge is 0.0123 e. The molecule has 2 aliphatic heterocycles. The molecule has 10 aliphatic rings. The maximum atomic E-state index is 3.35. The van der Waals surface area contributed by atoms with Crippen molar-refractivity contribution in [3.8, 4) is 0 Å². The van der Waals surface area contributed by atoms with Gasteiger partial charge in [0.15, 0.2) is 0 Å². The zero-order valence-corrected chi connectivity index (χ0v) is 34.6. The highest BCUT2D eigenvalue weighted by Gasteiger charge is 2.59. The van der Waals surface area contributed by atoms with E-state index < -0.39 is 0 Å². The fourth-order valence-corrected chi connectivity index (χ4v) is 21.5. The maximum Gasteiger partial charge on any atom is 0.0123 e. The summed E-state index contributed by atoms with van der Waals surface area (Å²) in [7, 11) is 0. The van der Waals surface area contributed by atoms with Crippen LogP contribution < -0.4 is 0 Å². The van der Waals surface area contributed by atoms with Crippen molar-refractivity contribution in [1.29, 1.82) is 0 Å². The van der Waals surface area contributed by atoms with E-state index in [0.29, 0.717) is 0 Å². The molecule has 1 nitrogen and oxygen atoms in total. The van der Waals surface area contributed by atoms with Crippen LogP contribution in [-0.4, -0.2) is 44.0 Å². The van der Waals surface area contributed by atoms with Crippen molar-refractivity contribution in [2.24, 2.45) is 59.2 Å². The van der Waals surface area contributed by atoms with Crippen molar-refractivity contribution in [2.75, 3.05) is 0 Å². The van der Waals surface area contributed by atoms with E-state index in [0.717, 1.165) is 98.3 Å². The Morgan fingerprint density at radius 1 is 0.275 bits per heavy atom. The van der Waals surface area contributed by atoms with Gasteiger partial charge in [-0.15, -0.1) is 0 Å². The molecule has 0 aromatic rings. The number of fused-ring (bicyclic) bond motifs is 7. The monoisotopic (exact) mass is 734 g/mol. The predicted molar refractivity (Wildman–Crippen MR) is 222 cm³/mol. The molecule has 9 unspecified atom stereocenters. The van der Waals surface area contributed by atoms with E-state index in [1.807, 2.05) is 0 Å². The van der Waals surface area contributed by atoms with Crippen molar-refractivity contribution in [1.82, 2.24) is 4.90 Å². The lowest BCUT2D eigenvalue weighted by molar-refractivity contribution is -0.0117. The van der Waals surface area contributed by atoms with Crippen molar-refractivity contribution in [3.63, 3.8) is 0 Å². The highest BCUT2D eigenvalue weighted by molar-refractivity contribution is 8.02. The average Bonchev–Trinajstić information content (AvgIpc) is 3.78. The van der Waals surface area contributed by atoms with Crippen molar-refractivity contribution >= 4 is 23.5 Å². The minimum Gasteiger partial charge on any atom is -0.294 e. The molecule has 0 aromatic carbocycles. The Balaban J connectivity index is 0.801. The predicted octanol–water partition coefficient (Wildman–Crippen LogP) is 13.7. The third-order valence-electron chi connectivity index (χ3n) is 19.1. The molecule has 0 radical (unpaired) electrons. The van der Waals surface area contributed by atoms with E-state index in [2.05, 4.69) is 28.4 Å². The summed E-state index contributed by atoms with van der Waals surface area (Å²) in [5.41, 5.74) is 0. The molecule has 2 heterocycles. The Morgan fingerprint density at radius 2 is 0.745 bits per heavy atom. The fraction of sp³-hybridized carbons (Fsp3) is 1.00. The molecule has 2 saturated heterocycles. The van der Waals surface area contributed by atoms with Crippen LogP contribution in [0.3, 0.4) is 0 Å². The summed E-state index contributed by atoms with van der Waals surface area (Å²) in [6.07, 6.45) is 48.5. The summed E-state index contributed by atoms with van der Waals surface area (Å²) < 4.78 is 0. The van der Waals surface area contributed by atoms with Gasteiger partial charge in [-0.1, -0.05) is 83.5 Å². The molecule has 9 atom stereocenters. The van der Waals surface area contributed by atoms with Crippen LogP contribution in [0, 0.1) is 59.2 Å². The van der Waals surface area contributed by atoms with E-state index in [1.165, 1.54) is 44.9 Å². The summed E-state index contributed by atoms with van der Waals surface area (Å²) in [5, 5.41) is 4.19. The lowest BCUT2D eigenvalue weighted by Crippen LogP contribution is -2.53. The first-order chi connectivity index (χ1) is 25.3. The minimum absolute atomic E-state index is 0.923. The van der Waals surface area contributed by atoms with Crippen LogP contribution in [0.2, 0.25) is 0 Å². The summed E-state index contributed by atoms with van der Waals surface area (Å²) >= 11 is 5.18. The van der Waals surface area contributed by atoms with Gasteiger partial charge in [-0.2, -0.15) is 23.5 Å². The number of rotatable bonds is 6. The van der Waals surface area contributed by atoms with Crippen molar-refractivity contribution in [3.05, 3.63) is 0 Å². The van der Waals surface area contributed by atoms with Gasteiger partial charge in [-0.3, -0.25) is 4.90 Å². The molecule has 10 rings (SSSR count). The molecule has 0 bridgehead atoms. The van der Waals surface area contributed by atoms with Gasteiger partial charge < -0.3 is 0 Å². The Morgan fingerprint density at radius 3 is 1.35 bits per heavy atom. The fourth-order valence-electron chi connectivity index (χ4n) is 16.8. The molecule has 0 spiro atoms. The van der Waals surface area contributed by atoms with E-state index in [9.17, 15) is 0 Å². The molecule has 10 fully saturated rings. The first-order valence-corrected chi connectivity index (χ1v) is 26.3. The van der Waals surface area contributed by atoms with E-state index in [4.69, 9.17) is 0 Å². The Bertz CT molecular complexity index is 1070. The molecule has 0 aromatic heterocycles. The molecule has 288 valence electrons. The minimum atomic E-state index is 0.923. The van der Waals surface area contributed by atoms with Gasteiger partial charge in [0.2, 0.25) is 0 Å². The van der Waals surface area contributed by atoms with Crippen LogP contribution in [-0.2, 0) is 0 Å². The largest absolute Gasteiger partial charge is 0.294 e. The summed E-state index contributed by atoms with van der Waals surface area (Å²) in [6.45, 7) is 0. The number of nitrogens with zero attached hydrogens (tertiary/aromatic N) is 1. The van der Waals surface area contributed by atoms with Crippen molar-refractivity contribution in [2.45, 2.75) is 238 Å². The topological polar surface area (TPSA) is 3.24 Å². The average molecular weight is 734 g/mol. The van der Waals surface area contributed by atoms with Gasteiger partial charge in [-0.05, 0) is 175 Å². The molecule has 3 heteroatoms. The second-order valence-corrected chi connectivity index (χ2v) is 24.1. The van der Waals surface area contributed by atoms with Crippen LogP contribution in [0.15, 0.2) is 0 Å². The van der Waals surface area contributed by atoms with Crippen LogP contribution in [0.4, 0.5) is 0 Å². The van der Waals surface area contributed by atoms with Crippen LogP contribution in [0.1, 0.15) is 199 Å². The van der Waals surface area contributed by atoms with Crippen molar-refractivity contribution < 1.29 is 0 Å². The molecule has 8 saturated carbocycles. The van der Waals surface area contributed by atoms with E-state index in [-0.39, 0.29) is 0 Å². The third kappa shape index (κ3) is 7.25. The number of hydrogen-bond donors (Lipinski definition) is 0. The van der Waals surface area contributed by atoms with Gasteiger partial charge in [0.25, 0.3) is 0 Å². The van der Waals surface area contributed by atoms with E-state index >= 15 is 0 Å². The van der Waals surface area contributed by atoms with Gasteiger partial charge in [-0.25, -0.2) is 0 Å². The van der Waals surface area contributed by atoms with Gasteiger partial charge in [0.05, 0.1) is 0 Å². The molecule has 8 aliphatic carbocycles. The number of hydrogen-bond acceptors (Lipinski definition) is 3. The first kappa shape index (κ1) is 36.0. The second-order valence-electron chi connectivity index (χ2n) is 21.3. The normalized spacial score (nSPS) is 49.9. The lowest BCUT2D eigenvalue weighted by atomic mass is 9.62. The van der Waals surface area contributed by atoms with Crippen LogP contribution in [0.5, 0.6) is 0 Å². The van der Waals surface area contributed by atoms with Gasteiger partial charge in [0.1, 0.15) is 0 Å². The summed E-state index contributed by atoms with van der Waals surface area (Å²) in [5.74, 6) is 10.9. The van der Waals surface area contributed by atoms with Gasteiger partial charge >= 0.3 is 0 Å². The third-order valence-corrected chi connectivity index (χ3v) is 22.9. The maximum absolute atomic E-state index is 3.35. The molecule has 51 heavy (non-hydrogen) atoms. The zero-order chi connectivity index (χ0) is 33.7. The molecule has 0 N–H and O–H groups in total. The van der Waals surface area contributed by atoms with Crippen LogP contribution >= 0.6 is 23.5 Å². The highest BCUT2D eigenvalue weighted by Crippen LogP contribution is 2.66. The Labute approximate surface area is 324 Å². The first-order valence-electron chi connectivity index (χ1n) is 24.4. The quantitative estimate of drug-likeness (QED) is 0.268. The Kier molecular flexibility index (Phi) is 11.5. The molecule has 0 amide bonds. The second kappa shape index (κ2) is 16.3. The standard InChI is InChI=1S/C48H79NS2/c1-3-10-32(11-4-1)34-18-24-37(25-19-34)49(38-26-20-35(21-27-38)33-12-5-2-6-13-33)39-28-22-36(23-29-39)40-15-9-16-41-42-30-31-45-46(48(42)51-47(40)41)43-14-7-8-17-44(43)50-45/h32-48H,1-31H2. The summed E-state index contributed by atoms with van der Waals surface area (Å²) in [6, 6.07) is 2.78. The van der Waals surface area contributed by atoms with Gasteiger partial charge in [0, 0.05) is 39.1 Å². The lowest BCUT2D eigenvalue weighted by Gasteiger charge is -2.51. The SMILES string of the molecule is C1CCC(C2CCC(N(C3CCC(C4CCCCC4)CC3)C3CCC(C4CCCC5C6CCC7SC8CCCCC8C7C6SC45)CC3)CC2)CC1. The summed E-state index contributed by atoms with van der Waals surface area (Å²) in [4.78, 5) is 3.35. The molecular formula is C48H79NS2.